The summed E-state index contributed by atoms with van der Waals surface area (Å²) in [5, 5.41) is 32.2. The lowest BCUT2D eigenvalue weighted by molar-refractivity contribution is 0.451. The molecule has 1 aromatic carbocycles. The van der Waals surface area contributed by atoms with E-state index in [9.17, 15) is 10.2 Å². The summed E-state index contributed by atoms with van der Waals surface area (Å²) in [6.45, 7) is 5.02. The van der Waals surface area contributed by atoms with Gasteiger partial charge in [0.05, 0.1) is 6.04 Å². The summed E-state index contributed by atoms with van der Waals surface area (Å²) < 4.78 is 0. The molecule has 5 nitrogen and oxygen atoms in total. The van der Waals surface area contributed by atoms with Crippen molar-refractivity contribution in [3.8, 4) is 22.1 Å². The van der Waals surface area contributed by atoms with Crippen LogP contribution in [0.1, 0.15) is 31.3 Å². The molecule has 0 aliphatic heterocycles. The summed E-state index contributed by atoms with van der Waals surface area (Å²) in [5.74, 6) is 0.0379. The van der Waals surface area contributed by atoms with Crippen LogP contribution >= 0.6 is 11.3 Å². The van der Waals surface area contributed by atoms with Crippen LogP contribution in [-0.4, -0.2) is 27.0 Å². The fourth-order valence-electron chi connectivity index (χ4n) is 1.86. The molecular weight excluding hydrogens is 262 g/mol. The van der Waals surface area contributed by atoms with Crippen LogP contribution in [0.25, 0.3) is 10.6 Å². The van der Waals surface area contributed by atoms with Gasteiger partial charge in [-0.05, 0) is 25.1 Å². The zero-order valence-electron chi connectivity index (χ0n) is 10.9. The van der Waals surface area contributed by atoms with E-state index >= 15 is 0 Å². The number of nitrogens with zero attached hydrogens (tertiary/aromatic N) is 2. The zero-order valence-corrected chi connectivity index (χ0v) is 11.7. The number of phenolic OH excluding ortho intramolecular Hbond substituents is 2. The molecule has 2 aromatic rings. The average Bonchev–Trinajstić information content (AvgIpc) is 2.84. The molecule has 19 heavy (non-hydrogen) atoms. The Morgan fingerprint density at radius 2 is 1.84 bits per heavy atom. The highest BCUT2D eigenvalue weighted by atomic mass is 32.1. The molecule has 0 aliphatic rings. The first-order valence-electron chi connectivity index (χ1n) is 6.24. The molecule has 1 atom stereocenters. The molecule has 2 rings (SSSR count). The Bertz CT molecular complexity index is 536. The van der Waals surface area contributed by atoms with Crippen LogP contribution in [0.15, 0.2) is 18.2 Å². The number of benzene rings is 1. The number of aromatic hydroxyl groups is 2. The molecular formula is C13H17N3O2S. The predicted octanol–water partition coefficient (Wildman–Crippen LogP) is 2.68. The third kappa shape index (κ3) is 3.21. The molecule has 1 unspecified atom stereocenters. The van der Waals surface area contributed by atoms with Gasteiger partial charge in [-0.1, -0.05) is 25.2 Å². The summed E-state index contributed by atoms with van der Waals surface area (Å²) in [6, 6.07) is 4.62. The molecule has 102 valence electrons. The summed E-state index contributed by atoms with van der Waals surface area (Å²) in [7, 11) is 0. The van der Waals surface area contributed by atoms with E-state index in [-0.39, 0.29) is 17.5 Å². The highest BCUT2D eigenvalue weighted by Crippen LogP contribution is 2.32. The maximum Gasteiger partial charge on any atom is 0.148 e. The number of hydrogen-bond donors (Lipinski definition) is 3. The van der Waals surface area contributed by atoms with E-state index in [4.69, 9.17) is 0 Å². The Morgan fingerprint density at radius 1 is 1.16 bits per heavy atom. The SMILES string of the molecule is CCNC(CC)c1nnc(-c2cc(O)cc(O)c2)s1. The van der Waals surface area contributed by atoms with Crippen molar-refractivity contribution in [2.24, 2.45) is 0 Å². The van der Waals surface area contributed by atoms with Gasteiger partial charge in [-0.2, -0.15) is 0 Å². The number of nitrogens with one attached hydrogen (secondary N) is 1. The van der Waals surface area contributed by atoms with Gasteiger partial charge in [0.2, 0.25) is 0 Å². The predicted molar refractivity (Wildman–Crippen MR) is 75.4 cm³/mol. The molecule has 0 fully saturated rings. The van der Waals surface area contributed by atoms with Gasteiger partial charge in [0, 0.05) is 11.6 Å². The van der Waals surface area contributed by atoms with Crippen molar-refractivity contribution in [3.05, 3.63) is 23.2 Å². The lowest BCUT2D eigenvalue weighted by atomic mass is 10.2. The molecule has 3 N–H and O–H groups in total. The van der Waals surface area contributed by atoms with Crippen LogP contribution in [-0.2, 0) is 0 Å². The second-order valence-corrected chi connectivity index (χ2v) is 5.21. The van der Waals surface area contributed by atoms with Crippen molar-refractivity contribution in [1.29, 1.82) is 0 Å². The molecule has 1 heterocycles. The maximum atomic E-state index is 9.49. The fraction of sp³-hybridized carbons (Fsp3) is 0.385. The molecule has 0 aliphatic carbocycles. The van der Waals surface area contributed by atoms with Crippen LogP contribution in [0.2, 0.25) is 0 Å². The monoisotopic (exact) mass is 279 g/mol. The van der Waals surface area contributed by atoms with Gasteiger partial charge in [0.1, 0.15) is 21.5 Å². The molecule has 1 aromatic heterocycles. The molecule has 0 amide bonds. The van der Waals surface area contributed by atoms with E-state index in [2.05, 4.69) is 29.4 Å². The van der Waals surface area contributed by atoms with Gasteiger partial charge in [0.15, 0.2) is 0 Å². The van der Waals surface area contributed by atoms with Crippen molar-refractivity contribution in [2.45, 2.75) is 26.3 Å². The van der Waals surface area contributed by atoms with Crippen molar-refractivity contribution in [1.82, 2.24) is 15.5 Å². The molecule has 6 heteroatoms. The largest absolute Gasteiger partial charge is 0.508 e. The fourth-order valence-corrected chi connectivity index (χ4v) is 2.85. The first-order chi connectivity index (χ1) is 9.13. The standard InChI is InChI=1S/C13H17N3O2S/c1-3-11(14-4-2)13-16-15-12(19-13)8-5-9(17)7-10(18)6-8/h5-7,11,14,17-18H,3-4H2,1-2H3. The summed E-state index contributed by atoms with van der Waals surface area (Å²) in [6.07, 6.45) is 0.938. The Morgan fingerprint density at radius 3 is 2.42 bits per heavy atom. The van der Waals surface area contributed by atoms with E-state index in [1.54, 1.807) is 12.1 Å². The van der Waals surface area contributed by atoms with Crippen molar-refractivity contribution >= 4 is 11.3 Å². The van der Waals surface area contributed by atoms with Crippen molar-refractivity contribution < 1.29 is 10.2 Å². The first-order valence-corrected chi connectivity index (χ1v) is 7.05. The van der Waals surface area contributed by atoms with Gasteiger partial charge >= 0.3 is 0 Å². The number of phenols is 2. The topological polar surface area (TPSA) is 78.3 Å². The number of hydrogen-bond acceptors (Lipinski definition) is 6. The molecule has 0 saturated carbocycles. The Hall–Kier alpha value is -1.66. The second kappa shape index (κ2) is 5.99. The Labute approximate surface area is 115 Å². The molecule has 0 saturated heterocycles. The van der Waals surface area contributed by atoms with E-state index in [1.807, 2.05) is 0 Å². The second-order valence-electron chi connectivity index (χ2n) is 4.20. The molecule has 0 bridgehead atoms. The lowest BCUT2D eigenvalue weighted by Crippen LogP contribution is -2.19. The van der Waals surface area contributed by atoms with Crippen LogP contribution in [0.3, 0.4) is 0 Å². The van der Waals surface area contributed by atoms with Gasteiger partial charge in [0.25, 0.3) is 0 Å². The van der Waals surface area contributed by atoms with Crippen LogP contribution in [0, 0.1) is 0 Å². The number of aromatic nitrogens is 2. The highest BCUT2D eigenvalue weighted by Gasteiger charge is 2.15. The maximum absolute atomic E-state index is 9.49. The van der Waals surface area contributed by atoms with Crippen molar-refractivity contribution in [2.75, 3.05) is 6.54 Å². The van der Waals surface area contributed by atoms with Gasteiger partial charge in [-0.3, -0.25) is 0 Å². The molecule has 0 spiro atoms. The molecule has 0 radical (unpaired) electrons. The quantitative estimate of drug-likeness (QED) is 0.784. The number of rotatable bonds is 5. The zero-order chi connectivity index (χ0) is 13.8. The minimum Gasteiger partial charge on any atom is -0.508 e. The summed E-state index contributed by atoms with van der Waals surface area (Å²) in [5.41, 5.74) is 0.674. The van der Waals surface area contributed by atoms with Crippen LogP contribution in [0.4, 0.5) is 0 Å². The normalized spacial score (nSPS) is 12.5. The highest BCUT2D eigenvalue weighted by molar-refractivity contribution is 7.14. The third-order valence-corrected chi connectivity index (χ3v) is 3.83. The minimum absolute atomic E-state index is 0.0190. The Balaban J connectivity index is 2.29. The van der Waals surface area contributed by atoms with Gasteiger partial charge in [-0.15, -0.1) is 10.2 Å². The summed E-state index contributed by atoms with van der Waals surface area (Å²) in [4.78, 5) is 0. The first kappa shape index (κ1) is 13.8. The Kier molecular flexibility index (Phi) is 4.34. The average molecular weight is 279 g/mol. The summed E-state index contributed by atoms with van der Waals surface area (Å²) >= 11 is 1.47. The van der Waals surface area contributed by atoms with Crippen molar-refractivity contribution in [3.63, 3.8) is 0 Å². The van der Waals surface area contributed by atoms with Crippen LogP contribution < -0.4 is 5.32 Å². The van der Waals surface area contributed by atoms with E-state index in [0.29, 0.717) is 10.6 Å². The van der Waals surface area contributed by atoms with Gasteiger partial charge in [-0.25, -0.2) is 0 Å². The van der Waals surface area contributed by atoms with E-state index < -0.39 is 0 Å². The van der Waals surface area contributed by atoms with E-state index in [1.165, 1.54) is 17.4 Å². The van der Waals surface area contributed by atoms with Gasteiger partial charge < -0.3 is 15.5 Å². The third-order valence-electron chi connectivity index (χ3n) is 2.75. The smallest absolute Gasteiger partial charge is 0.148 e. The van der Waals surface area contributed by atoms with E-state index in [0.717, 1.165) is 18.0 Å². The minimum atomic E-state index is 0.0190. The lowest BCUT2D eigenvalue weighted by Gasteiger charge is -2.10. The van der Waals surface area contributed by atoms with Crippen LogP contribution in [0.5, 0.6) is 11.5 Å².